The van der Waals surface area contributed by atoms with Crippen LogP contribution in [-0.2, 0) is 28.6 Å². The average molecular weight is 920 g/mol. The summed E-state index contributed by atoms with van der Waals surface area (Å²) in [6.45, 7) is 13.8. The first-order valence-corrected chi connectivity index (χ1v) is 29.2. The van der Waals surface area contributed by atoms with Gasteiger partial charge in [0.05, 0.1) is 0 Å². The van der Waals surface area contributed by atoms with Crippen LogP contribution in [0.2, 0.25) is 0 Å². The van der Waals surface area contributed by atoms with Crippen molar-refractivity contribution in [2.45, 2.75) is 330 Å². The molecule has 0 bridgehead atoms. The summed E-state index contributed by atoms with van der Waals surface area (Å²) in [4.78, 5) is 38.1. The second kappa shape index (κ2) is 50.3. The van der Waals surface area contributed by atoms with E-state index in [1.807, 2.05) is 0 Å². The van der Waals surface area contributed by atoms with Crippen molar-refractivity contribution in [1.29, 1.82) is 0 Å². The van der Waals surface area contributed by atoms with Gasteiger partial charge in [-0.25, -0.2) is 0 Å². The van der Waals surface area contributed by atoms with Crippen molar-refractivity contribution in [2.24, 2.45) is 17.8 Å². The molecule has 0 N–H and O–H groups in total. The van der Waals surface area contributed by atoms with E-state index >= 15 is 0 Å². The molecule has 0 saturated carbocycles. The van der Waals surface area contributed by atoms with Crippen molar-refractivity contribution in [3.63, 3.8) is 0 Å². The Hall–Kier alpha value is -1.59. The molecule has 0 fully saturated rings. The number of esters is 3. The highest BCUT2D eigenvalue weighted by molar-refractivity contribution is 5.71. The van der Waals surface area contributed by atoms with Gasteiger partial charge >= 0.3 is 17.9 Å². The normalized spacial score (nSPS) is 13.0. The minimum absolute atomic E-state index is 0.0637. The third-order valence-corrected chi connectivity index (χ3v) is 14.1. The maximum absolute atomic E-state index is 12.9. The lowest BCUT2D eigenvalue weighted by Crippen LogP contribution is -2.30. The van der Waals surface area contributed by atoms with Gasteiger partial charge in [-0.2, -0.15) is 0 Å². The molecule has 0 aromatic heterocycles. The van der Waals surface area contributed by atoms with Crippen molar-refractivity contribution in [3.8, 4) is 0 Å². The Morgan fingerprint density at radius 3 is 0.800 bits per heavy atom. The summed E-state index contributed by atoms with van der Waals surface area (Å²) in [6, 6.07) is 0. The van der Waals surface area contributed by atoms with Crippen molar-refractivity contribution in [1.82, 2.24) is 0 Å². The van der Waals surface area contributed by atoms with Gasteiger partial charge < -0.3 is 14.2 Å². The maximum Gasteiger partial charge on any atom is 0.306 e. The van der Waals surface area contributed by atoms with Gasteiger partial charge in [0.25, 0.3) is 0 Å². The molecule has 0 rings (SSSR count). The molecular formula is C59H114O6. The van der Waals surface area contributed by atoms with Crippen LogP contribution in [0, 0.1) is 17.8 Å². The largest absolute Gasteiger partial charge is 0.462 e. The van der Waals surface area contributed by atoms with E-state index < -0.39 is 6.10 Å². The Morgan fingerprint density at radius 2 is 0.538 bits per heavy atom. The molecule has 0 spiro atoms. The van der Waals surface area contributed by atoms with E-state index in [0.29, 0.717) is 19.3 Å². The molecular weight excluding hydrogens is 805 g/mol. The number of ether oxygens (including phenoxy) is 3. The van der Waals surface area contributed by atoms with Crippen molar-refractivity contribution >= 4 is 17.9 Å². The minimum Gasteiger partial charge on any atom is -0.462 e. The number of carbonyl (C=O) groups is 3. The zero-order valence-electron chi connectivity index (χ0n) is 44.8. The van der Waals surface area contributed by atoms with E-state index in [0.717, 1.165) is 75.5 Å². The molecule has 0 aromatic carbocycles. The number of carbonyl (C=O) groups excluding carboxylic acids is 3. The summed E-state index contributed by atoms with van der Waals surface area (Å²) in [6.07, 6.45) is 52.2. The quantitative estimate of drug-likeness (QED) is 0.0344. The van der Waals surface area contributed by atoms with Gasteiger partial charge in [-0.3, -0.25) is 14.4 Å². The Bertz CT molecular complexity index is 1010. The van der Waals surface area contributed by atoms with Crippen LogP contribution < -0.4 is 0 Å². The number of rotatable bonds is 52. The van der Waals surface area contributed by atoms with Gasteiger partial charge in [-0.1, -0.05) is 286 Å². The van der Waals surface area contributed by atoms with Crippen LogP contribution in [0.5, 0.6) is 0 Å². The molecule has 6 heteroatoms. The monoisotopic (exact) mass is 919 g/mol. The van der Waals surface area contributed by atoms with E-state index in [4.69, 9.17) is 14.2 Å². The smallest absolute Gasteiger partial charge is 0.306 e. The molecule has 0 aliphatic rings. The second-order valence-electron chi connectivity index (χ2n) is 21.2. The molecule has 0 radical (unpaired) electrons. The van der Waals surface area contributed by atoms with Crippen molar-refractivity contribution < 1.29 is 28.6 Å². The average Bonchev–Trinajstić information content (AvgIpc) is 3.29. The Kier molecular flexibility index (Phi) is 49.1. The molecule has 0 aromatic rings. The Morgan fingerprint density at radius 1 is 0.308 bits per heavy atom. The highest BCUT2D eigenvalue weighted by atomic mass is 16.6. The molecule has 0 aliphatic heterocycles. The van der Waals surface area contributed by atoms with Crippen LogP contribution >= 0.6 is 0 Å². The molecule has 0 amide bonds. The zero-order chi connectivity index (χ0) is 47.7. The van der Waals surface area contributed by atoms with Crippen molar-refractivity contribution in [2.75, 3.05) is 13.2 Å². The van der Waals surface area contributed by atoms with Crippen LogP contribution in [0.25, 0.3) is 0 Å². The van der Waals surface area contributed by atoms with Crippen LogP contribution in [0.4, 0.5) is 0 Å². The van der Waals surface area contributed by atoms with Crippen molar-refractivity contribution in [3.05, 3.63) is 0 Å². The first kappa shape index (κ1) is 63.4. The SMILES string of the molecule is CCC(C)CCCCCCCCCCCCCCCCC(=O)OC[C@H](COC(=O)CCCCCCCCCCC(C)CC)OC(=O)CCCCCCCCCCCCCCCCC(C)C. The van der Waals surface area contributed by atoms with Crippen LogP contribution in [0.1, 0.15) is 324 Å². The maximum atomic E-state index is 12.9. The summed E-state index contributed by atoms with van der Waals surface area (Å²) in [5.41, 5.74) is 0. The van der Waals surface area contributed by atoms with Gasteiger partial charge in [0, 0.05) is 19.3 Å². The van der Waals surface area contributed by atoms with E-state index in [2.05, 4.69) is 41.5 Å². The molecule has 0 saturated heterocycles. The van der Waals surface area contributed by atoms with Gasteiger partial charge in [0.15, 0.2) is 6.10 Å². The first-order chi connectivity index (χ1) is 31.7. The lowest BCUT2D eigenvalue weighted by atomic mass is 9.99. The Balaban J connectivity index is 4.29. The first-order valence-electron chi connectivity index (χ1n) is 29.2. The zero-order valence-corrected chi connectivity index (χ0v) is 44.8. The lowest BCUT2D eigenvalue weighted by molar-refractivity contribution is -0.167. The number of hydrogen-bond acceptors (Lipinski definition) is 6. The topological polar surface area (TPSA) is 78.9 Å². The van der Waals surface area contributed by atoms with Gasteiger partial charge in [-0.15, -0.1) is 0 Å². The predicted molar refractivity (Wildman–Crippen MR) is 279 cm³/mol. The molecule has 386 valence electrons. The summed E-state index contributed by atoms with van der Waals surface area (Å²) in [7, 11) is 0. The van der Waals surface area contributed by atoms with E-state index in [-0.39, 0.29) is 31.1 Å². The van der Waals surface area contributed by atoms with Crippen LogP contribution in [0.15, 0.2) is 0 Å². The third kappa shape index (κ3) is 50.1. The van der Waals surface area contributed by atoms with E-state index in [1.165, 1.54) is 205 Å². The highest BCUT2D eigenvalue weighted by Crippen LogP contribution is 2.19. The second-order valence-corrected chi connectivity index (χ2v) is 21.2. The van der Waals surface area contributed by atoms with E-state index in [9.17, 15) is 14.4 Å². The molecule has 6 nitrogen and oxygen atoms in total. The molecule has 3 atom stereocenters. The molecule has 2 unspecified atom stereocenters. The van der Waals surface area contributed by atoms with Crippen LogP contribution in [-0.4, -0.2) is 37.2 Å². The fraction of sp³-hybridized carbons (Fsp3) is 0.949. The number of unbranched alkanes of at least 4 members (excludes halogenated alkanes) is 33. The molecule has 0 aliphatic carbocycles. The fourth-order valence-electron chi connectivity index (χ4n) is 8.93. The minimum atomic E-state index is -0.764. The summed E-state index contributed by atoms with van der Waals surface area (Å²) >= 11 is 0. The number of hydrogen-bond donors (Lipinski definition) is 0. The van der Waals surface area contributed by atoms with Gasteiger partial charge in [0.2, 0.25) is 0 Å². The fourth-order valence-corrected chi connectivity index (χ4v) is 8.93. The summed E-state index contributed by atoms with van der Waals surface area (Å²) < 4.78 is 16.9. The van der Waals surface area contributed by atoms with E-state index in [1.54, 1.807) is 0 Å². The highest BCUT2D eigenvalue weighted by Gasteiger charge is 2.19. The summed E-state index contributed by atoms with van der Waals surface area (Å²) in [5.74, 6) is 1.74. The standard InChI is InChI=1S/C59H114O6/c1-7-54(5)46-40-34-28-22-18-14-10-12-15-19-23-30-36-42-48-57(60)63-51-56(52-64-58(61)49-43-37-31-26-25-29-35-41-47-55(6)8-2)65-59(62)50-44-38-32-24-20-16-11-9-13-17-21-27-33-39-45-53(3)4/h53-56H,7-52H2,1-6H3/t54?,55?,56-/m1/s1. The van der Waals surface area contributed by atoms with Gasteiger partial charge in [0.1, 0.15) is 13.2 Å². The third-order valence-electron chi connectivity index (χ3n) is 14.1. The van der Waals surface area contributed by atoms with Gasteiger partial charge in [-0.05, 0) is 37.0 Å². The molecule has 65 heavy (non-hydrogen) atoms. The molecule has 0 heterocycles. The Labute approximate surface area is 406 Å². The predicted octanol–water partition coefficient (Wildman–Crippen LogP) is 19.1. The summed E-state index contributed by atoms with van der Waals surface area (Å²) in [5, 5.41) is 0. The lowest BCUT2D eigenvalue weighted by Gasteiger charge is -2.18. The van der Waals surface area contributed by atoms with Crippen LogP contribution in [0.3, 0.4) is 0 Å².